The van der Waals surface area contributed by atoms with Crippen molar-refractivity contribution in [2.75, 3.05) is 62.3 Å². The molecule has 27 nitrogen and oxygen atoms in total. The van der Waals surface area contributed by atoms with Crippen LogP contribution in [0.4, 0.5) is 10.5 Å². The Hall–Kier alpha value is -7.04. The summed E-state index contributed by atoms with van der Waals surface area (Å²) in [6.07, 6.45) is -10.4. The van der Waals surface area contributed by atoms with Crippen molar-refractivity contribution < 1.29 is 91.0 Å². The largest absolute Gasteiger partial charge is 0.467 e. The second-order valence-electron chi connectivity index (χ2n) is 23.6. The summed E-state index contributed by atoms with van der Waals surface area (Å²) in [7, 11) is 9.38. The second-order valence-corrected chi connectivity index (χ2v) is 23.6. The van der Waals surface area contributed by atoms with Gasteiger partial charge in [0.05, 0.1) is 60.7 Å². The highest BCUT2D eigenvalue weighted by atomic mass is 16.7. The van der Waals surface area contributed by atoms with Crippen LogP contribution >= 0.6 is 0 Å². The number of amides is 5. The van der Waals surface area contributed by atoms with Crippen molar-refractivity contribution in [1.82, 2.24) is 30.2 Å². The van der Waals surface area contributed by atoms with Gasteiger partial charge in [-0.1, -0.05) is 91.3 Å². The first-order valence-corrected chi connectivity index (χ1v) is 30.1. The highest BCUT2D eigenvalue weighted by Gasteiger charge is 2.54. The average molecular weight is 1260 g/mol. The summed E-state index contributed by atoms with van der Waals surface area (Å²) in [6.45, 7) is 18.6. The summed E-state index contributed by atoms with van der Waals surface area (Å²) >= 11 is 0. The standard InChI is InChI=1S/C62H95N7O20/c1-18-36(7)50(66(14)59(76)48(34(3)4)64-58(75)49(35(5)6)65(12)13)46(81-15)31-47(72)68-29-23-26-43(68)52(82-16)37(8)57(74)63-38(9)53(42-24-21-20-22-25-42)85-33-67(19-2)62(78)84-32-41-27-28-45(44(30-41)69(79)80)88-61-51(73)54(86-39(10)70)55(87-40(11)71)56(89-61)60(77)83-17/h20-22,24-25,27-28,30,34-38,43,46,48-56,61,73H,18-19,23,26,29,31-33H2,1-17H3,(H,63,74)(H,64,75)/t36-,37+,38+,43-,46+,48-,49-,50-,51+,52+,53+,54+,55-,56-,61+/m0/s1. The first-order chi connectivity index (χ1) is 42.0. The minimum atomic E-state index is -1.95. The summed E-state index contributed by atoms with van der Waals surface area (Å²) in [5, 5.41) is 29.7. The first-order valence-electron chi connectivity index (χ1n) is 30.1. The Morgan fingerprint density at radius 2 is 1.48 bits per heavy atom. The number of nitro benzene ring substituents is 1. The number of carbonyl (C=O) groups is 8. The van der Waals surface area contributed by atoms with E-state index in [0.29, 0.717) is 31.4 Å². The number of nitrogens with one attached hydrogen (secondary N) is 2. The smallest absolute Gasteiger partial charge is 0.411 e. The molecule has 0 spiro atoms. The molecule has 0 unspecified atom stereocenters. The van der Waals surface area contributed by atoms with Crippen LogP contribution in [0.2, 0.25) is 0 Å². The number of esters is 3. The van der Waals surface area contributed by atoms with Gasteiger partial charge in [0.25, 0.3) is 0 Å². The molecule has 498 valence electrons. The van der Waals surface area contributed by atoms with Gasteiger partial charge in [0, 0.05) is 54.3 Å². The molecule has 2 fully saturated rings. The monoisotopic (exact) mass is 1260 g/mol. The maximum absolute atomic E-state index is 14.6. The van der Waals surface area contributed by atoms with Gasteiger partial charge >= 0.3 is 29.7 Å². The lowest BCUT2D eigenvalue weighted by molar-refractivity contribution is -0.387. The highest BCUT2D eigenvalue weighted by Crippen LogP contribution is 2.35. The number of likely N-dealkylation sites (tertiary alicyclic amines) is 1. The molecule has 2 aromatic rings. The van der Waals surface area contributed by atoms with Crippen LogP contribution in [0.3, 0.4) is 0 Å². The van der Waals surface area contributed by atoms with Crippen molar-refractivity contribution in [3.63, 3.8) is 0 Å². The van der Waals surface area contributed by atoms with Crippen LogP contribution in [0, 0.1) is 33.8 Å². The zero-order chi connectivity index (χ0) is 66.7. The Morgan fingerprint density at radius 3 is 2.02 bits per heavy atom. The predicted octanol–water partition coefficient (Wildman–Crippen LogP) is 4.92. The number of aliphatic hydroxyl groups excluding tert-OH is 1. The molecule has 0 saturated carbocycles. The number of hydrogen-bond acceptors (Lipinski definition) is 21. The molecule has 5 amide bonds. The van der Waals surface area contributed by atoms with Crippen molar-refractivity contribution in [2.24, 2.45) is 23.7 Å². The van der Waals surface area contributed by atoms with E-state index in [-0.39, 0.29) is 66.6 Å². The second kappa shape index (κ2) is 34.8. The number of rotatable bonds is 32. The molecule has 0 radical (unpaired) electrons. The molecule has 15 atom stereocenters. The van der Waals surface area contributed by atoms with Crippen LogP contribution in [0.25, 0.3) is 0 Å². The number of nitrogens with zero attached hydrogens (tertiary/aromatic N) is 5. The lowest BCUT2D eigenvalue weighted by Gasteiger charge is -2.41. The molecule has 3 N–H and O–H groups in total. The summed E-state index contributed by atoms with van der Waals surface area (Å²) in [5.41, 5.74) is 0.136. The highest BCUT2D eigenvalue weighted by molar-refractivity contribution is 5.90. The quantitative estimate of drug-likeness (QED) is 0.0288. The first kappa shape index (κ1) is 74.4. The van der Waals surface area contributed by atoms with E-state index in [2.05, 4.69) is 10.6 Å². The van der Waals surface area contributed by atoms with Gasteiger partial charge in [-0.3, -0.25) is 48.7 Å². The fraction of sp³-hybridized carbons (Fsp3) is 0.677. The molecule has 2 aliphatic heterocycles. The minimum Gasteiger partial charge on any atom is -0.467 e. The maximum atomic E-state index is 14.6. The van der Waals surface area contributed by atoms with E-state index in [0.717, 1.165) is 33.1 Å². The SMILES string of the molecule is CC[C@H](C)[C@@H]([C@@H](CC(=O)N1CCC[C@H]1[C@H](OC)[C@@H](C)C(=O)N[C@H](C)[C@@H](OCN(CC)C(=O)OCc1ccc(O[C@@H]2O[C@H](C(=O)OC)[C@@H](OC(C)=O)[C@H](OC(C)=O)[C@H]2O)c([N+](=O)[O-])c1)c1ccccc1)OC)N(C)C(=O)[C@@H](NC(=O)[C@H](C(C)C)N(C)C)C(C)C. The third kappa shape index (κ3) is 19.7. The number of likely N-dealkylation sites (N-methyl/N-ethyl adjacent to an activating group) is 2. The van der Waals surface area contributed by atoms with Crippen molar-refractivity contribution in [3.8, 4) is 5.75 Å². The van der Waals surface area contributed by atoms with Gasteiger partial charge in [-0.2, -0.15) is 0 Å². The Balaban J connectivity index is 1.46. The normalized spacial score (nSPS) is 21.4. The lowest BCUT2D eigenvalue weighted by Crippen LogP contribution is -2.63. The summed E-state index contributed by atoms with van der Waals surface area (Å²) in [6, 6.07) is 9.53. The van der Waals surface area contributed by atoms with E-state index in [1.165, 1.54) is 25.2 Å². The number of aliphatic hydroxyl groups is 1. The third-order valence-corrected chi connectivity index (χ3v) is 16.3. The van der Waals surface area contributed by atoms with Crippen LogP contribution < -0.4 is 15.4 Å². The molecule has 27 heteroatoms. The van der Waals surface area contributed by atoms with Crippen LogP contribution in [0.5, 0.6) is 5.75 Å². The molecular weight excluding hydrogens is 1160 g/mol. The predicted molar refractivity (Wildman–Crippen MR) is 322 cm³/mol. The summed E-state index contributed by atoms with van der Waals surface area (Å²) in [4.78, 5) is 125. The molecule has 2 aromatic carbocycles. The minimum absolute atomic E-state index is 0.00949. The average Bonchev–Trinajstić information content (AvgIpc) is 1.07. The topological polar surface area (TPSA) is 320 Å². The van der Waals surface area contributed by atoms with Gasteiger partial charge in [-0.15, -0.1) is 0 Å². The molecule has 0 aromatic heterocycles. The van der Waals surface area contributed by atoms with E-state index >= 15 is 0 Å². The van der Waals surface area contributed by atoms with Gasteiger partial charge in [0.2, 0.25) is 29.9 Å². The van der Waals surface area contributed by atoms with Crippen LogP contribution in [-0.4, -0.2) is 213 Å². The molecule has 2 aliphatic rings. The maximum Gasteiger partial charge on any atom is 0.411 e. The van der Waals surface area contributed by atoms with Crippen LogP contribution in [-0.2, 0) is 78.1 Å². The zero-order valence-electron chi connectivity index (χ0n) is 54.5. The van der Waals surface area contributed by atoms with Crippen molar-refractivity contribution in [3.05, 3.63) is 69.8 Å². The Bertz CT molecular complexity index is 2690. The number of hydrogen-bond donors (Lipinski definition) is 3. The Morgan fingerprint density at radius 1 is 0.843 bits per heavy atom. The van der Waals surface area contributed by atoms with E-state index in [4.69, 9.17) is 42.6 Å². The van der Waals surface area contributed by atoms with Gasteiger partial charge < -0.3 is 68.2 Å². The lowest BCUT2D eigenvalue weighted by atomic mass is 9.89. The fourth-order valence-electron chi connectivity index (χ4n) is 11.6. The number of nitro groups is 1. The molecule has 2 saturated heterocycles. The van der Waals surface area contributed by atoms with Gasteiger partial charge in [-0.05, 0) is 75.7 Å². The number of ether oxygens (including phenoxy) is 9. The van der Waals surface area contributed by atoms with Crippen molar-refractivity contribution in [2.45, 2.75) is 188 Å². The molecule has 0 bridgehead atoms. The Kier molecular flexibility index (Phi) is 29.1. The van der Waals surface area contributed by atoms with Gasteiger partial charge in [-0.25, -0.2) is 9.59 Å². The molecular formula is C62H95N7O20. The molecule has 2 heterocycles. The Labute approximate surface area is 522 Å². The van der Waals surface area contributed by atoms with Crippen molar-refractivity contribution >= 4 is 53.3 Å². The molecule has 0 aliphatic carbocycles. The van der Waals surface area contributed by atoms with E-state index < -0.39 is 132 Å². The molecule has 4 rings (SSSR count). The fourth-order valence-corrected chi connectivity index (χ4v) is 11.6. The van der Waals surface area contributed by atoms with E-state index in [1.54, 1.807) is 49.8 Å². The van der Waals surface area contributed by atoms with Crippen LogP contribution in [0.1, 0.15) is 119 Å². The number of methoxy groups -OCH3 is 3. The summed E-state index contributed by atoms with van der Waals surface area (Å²) in [5.74, 6) is -5.71. The summed E-state index contributed by atoms with van der Waals surface area (Å²) < 4.78 is 50.6. The number of benzene rings is 2. The van der Waals surface area contributed by atoms with Gasteiger partial charge in [0.15, 0.2) is 30.2 Å². The van der Waals surface area contributed by atoms with E-state index in [9.17, 15) is 53.6 Å². The third-order valence-electron chi connectivity index (χ3n) is 16.3. The van der Waals surface area contributed by atoms with Crippen LogP contribution in [0.15, 0.2) is 48.5 Å². The van der Waals surface area contributed by atoms with Gasteiger partial charge in [0.1, 0.15) is 25.5 Å². The molecule has 89 heavy (non-hydrogen) atoms. The van der Waals surface area contributed by atoms with E-state index in [1.807, 2.05) is 78.7 Å². The number of carbonyl (C=O) groups excluding carboxylic acids is 8. The zero-order valence-corrected chi connectivity index (χ0v) is 54.5. The van der Waals surface area contributed by atoms with Crippen molar-refractivity contribution in [1.29, 1.82) is 0 Å².